The Morgan fingerprint density at radius 2 is 2.23 bits per heavy atom. The average molecular weight is 339 g/mol. The number of esters is 1. The quantitative estimate of drug-likeness (QED) is 0.249. The first-order valence-corrected chi connectivity index (χ1v) is 6.78. The third-order valence-electron chi connectivity index (χ3n) is 3.25. The summed E-state index contributed by atoms with van der Waals surface area (Å²) in [5, 5.41) is 8.73. The lowest BCUT2D eigenvalue weighted by atomic mass is 10.2. The second-order valence-corrected chi connectivity index (χ2v) is 5.02. The van der Waals surface area contributed by atoms with Gasteiger partial charge in [-0.25, -0.2) is 0 Å². The van der Waals surface area contributed by atoms with Crippen LogP contribution in [0.4, 0.5) is 0 Å². The van der Waals surface area contributed by atoms with Gasteiger partial charge in [-0.05, 0) is 6.92 Å². The van der Waals surface area contributed by atoms with E-state index in [0.717, 1.165) is 0 Å². The largest absolute Gasteiger partial charge is 0.462 e. The lowest BCUT2D eigenvalue weighted by Gasteiger charge is -2.34. The van der Waals surface area contributed by atoms with Gasteiger partial charge < -0.3 is 20.5 Å². The molecule has 22 heavy (non-hydrogen) atoms. The summed E-state index contributed by atoms with van der Waals surface area (Å²) >= 11 is 0. The molecule has 2 fully saturated rings. The standard InChI is InChI=1S/C11H22N6O4.ClH/c1-6(12)10(19)21-3-2-20-5-17-4-14-7-8(17)15-11(13)16-9(7)18;/h6-8,11,14-15H,2-5,12-13H2,1H3,(H,16,18);1H/t6-,7?,8?,11?;/m0./s1. The summed E-state index contributed by atoms with van der Waals surface area (Å²) in [5.74, 6) is -0.599. The molecular weight excluding hydrogens is 316 g/mol. The summed E-state index contributed by atoms with van der Waals surface area (Å²) in [7, 11) is 0. The number of halogens is 1. The van der Waals surface area contributed by atoms with Crippen LogP contribution >= 0.6 is 12.4 Å². The van der Waals surface area contributed by atoms with Crippen LogP contribution in [0.15, 0.2) is 0 Å². The number of nitrogens with one attached hydrogen (secondary N) is 3. The molecule has 7 N–H and O–H groups in total. The topological polar surface area (TPSA) is 144 Å². The number of fused-ring (bicyclic) bond motifs is 1. The minimum atomic E-state index is -0.639. The van der Waals surface area contributed by atoms with E-state index < -0.39 is 18.3 Å². The molecule has 1 amide bonds. The highest BCUT2D eigenvalue weighted by Crippen LogP contribution is 2.12. The molecule has 0 spiro atoms. The molecule has 0 aliphatic carbocycles. The molecule has 3 unspecified atom stereocenters. The summed E-state index contributed by atoms with van der Waals surface area (Å²) in [6, 6.07) is -0.996. The zero-order chi connectivity index (χ0) is 15.4. The van der Waals surface area contributed by atoms with Gasteiger partial charge in [-0.1, -0.05) is 0 Å². The Kier molecular flexibility index (Phi) is 7.42. The molecule has 0 bridgehead atoms. The van der Waals surface area contributed by atoms with E-state index in [4.69, 9.17) is 20.9 Å². The molecule has 4 atom stereocenters. The molecule has 2 aliphatic rings. The van der Waals surface area contributed by atoms with E-state index >= 15 is 0 Å². The molecule has 11 heteroatoms. The van der Waals surface area contributed by atoms with Gasteiger partial charge in [0.25, 0.3) is 0 Å². The first-order valence-electron chi connectivity index (χ1n) is 6.78. The van der Waals surface area contributed by atoms with Crippen molar-refractivity contribution in [1.29, 1.82) is 0 Å². The van der Waals surface area contributed by atoms with Crippen LogP contribution in [-0.2, 0) is 19.1 Å². The number of nitrogens with two attached hydrogens (primary N) is 2. The maximum absolute atomic E-state index is 11.7. The first kappa shape index (κ1) is 19.0. The van der Waals surface area contributed by atoms with Crippen LogP contribution in [0.5, 0.6) is 0 Å². The van der Waals surface area contributed by atoms with E-state index in [1.54, 1.807) is 6.92 Å². The zero-order valence-corrected chi connectivity index (χ0v) is 13.1. The van der Waals surface area contributed by atoms with Gasteiger partial charge >= 0.3 is 5.97 Å². The first-order chi connectivity index (χ1) is 9.99. The lowest BCUT2D eigenvalue weighted by molar-refractivity contribution is -0.147. The summed E-state index contributed by atoms with van der Waals surface area (Å²) in [6.07, 6.45) is -0.798. The molecular formula is C11H23ClN6O4. The Labute approximate surface area is 134 Å². The fraction of sp³-hybridized carbons (Fsp3) is 0.818. The highest BCUT2D eigenvalue weighted by atomic mass is 35.5. The van der Waals surface area contributed by atoms with Crippen LogP contribution in [-0.4, -0.2) is 67.9 Å². The van der Waals surface area contributed by atoms with Crippen molar-refractivity contribution in [2.24, 2.45) is 11.5 Å². The number of amides is 1. The maximum Gasteiger partial charge on any atom is 0.322 e. The minimum absolute atomic E-state index is 0. The Bertz CT molecular complexity index is 399. The summed E-state index contributed by atoms with van der Waals surface area (Å²) < 4.78 is 10.3. The van der Waals surface area contributed by atoms with Gasteiger partial charge in [0.2, 0.25) is 5.91 Å². The number of carbonyl (C=O) groups excluding carboxylic acids is 2. The predicted octanol–water partition coefficient (Wildman–Crippen LogP) is -3.21. The monoisotopic (exact) mass is 338 g/mol. The fourth-order valence-corrected chi connectivity index (χ4v) is 2.18. The van der Waals surface area contributed by atoms with Crippen molar-refractivity contribution in [3.63, 3.8) is 0 Å². The predicted molar refractivity (Wildman–Crippen MR) is 79.3 cm³/mol. The smallest absolute Gasteiger partial charge is 0.322 e. The van der Waals surface area contributed by atoms with E-state index in [1.165, 1.54) is 0 Å². The number of rotatable bonds is 6. The second-order valence-electron chi connectivity index (χ2n) is 5.02. The molecule has 0 aromatic heterocycles. The van der Waals surface area contributed by atoms with Crippen LogP contribution in [0.25, 0.3) is 0 Å². The molecule has 2 saturated heterocycles. The Morgan fingerprint density at radius 1 is 1.50 bits per heavy atom. The van der Waals surface area contributed by atoms with Crippen LogP contribution in [0.3, 0.4) is 0 Å². The molecule has 0 aromatic carbocycles. The van der Waals surface area contributed by atoms with Crippen molar-refractivity contribution in [2.45, 2.75) is 31.5 Å². The lowest BCUT2D eigenvalue weighted by Crippen LogP contribution is -2.70. The molecule has 0 aromatic rings. The Hall–Kier alpha value is -1.01. The minimum Gasteiger partial charge on any atom is -0.462 e. The van der Waals surface area contributed by atoms with Crippen molar-refractivity contribution in [2.75, 3.05) is 26.6 Å². The van der Waals surface area contributed by atoms with Gasteiger partial charge in [0, 0.05) is 0 Å². The average Bonchev–Trinajstić information content (AvgIpc) is 2.81. The molecule has 2 aliphatic heterocycles. The number of nitrogens with zero attached hydrogens (tertiary/aromatic N) is 1. The van der Waals surface area contributed by atoms with Gasteiger partial charge in [0.1, 0.15) is 31.7 Å². The number of carbonyl (C=O) groups is 2. The number of hydrogen-bond acceptors (Lipinski definition) is 9. The molecule has 2 heterocycles. The van der Waals surface area contributed by atoms with Crippen LogP contribution in [0, 0.1) is 0 Å². The Balaban J connectivity index is 0.00000242. The van der Waals surface area contributed by atoms with E-state index in [-0.39, 0.29) is 50.5 Å². The van der Waals surface area contributed by atoms with Crippen molar-refractivity contribution in [3.05, 3.63) is 0 Å². The van der Waals surface area contributed by atoms with E-state index in [2.05, 4.69) is 16.0 Å². The van der Waals surface area contributed by atoms with Gasteiger partial charge in [-0.2, -0.15) is 0 Å². The highest BCUT2D eigenvalue weighted by molar-refractivity contribution is 5.85. The maximum atomic E-state index is 11.7. The van der Waals surface area contributed by atoms with E-state index in [1.807, 2.05) is 4.90 Å². The normalized spacial score (nSPS) is 29.2. The zero-order valence-electron chi connectivity index (χ0n) is 12.3. The molecule has 10 nitrogen and oxygen atoms in total. The molecule has 0 saturated carbocycles. The van der Waals surface area contributed by atoms with Crippen LogP contribution < -0.4 is 27.4 Å². The third kappa shape index (κ3) is 4.74. The molecule has 2 rings (SSSR count). The van der Waals surface area contributed by atoms with Crippen LogP contribution in [0.1, 0.15) is 6.92 Å². The summed E-state index contributed by atoms with van der Waals surface area (Å²) in [4.78, 5) is 24.7. The van der Waals surface area contributed by atoms with Gasteiger partial charge in [0.15, 0.2) is 0 Å². The third-order valence-corrected chi connectivity index (χ3v) is 3.25. The van der Waals surface area contributed by atoms with Gasteiger partial charge in [-0.3, -0.25) is 30.9 Å². The van der Waals surface area contributed by atoms with E-state index in [0.29, 0.717) is 6.67 Å². The SMILES string of the molecule is C[C@H](N)C(=O)OCCOCN1CNC2C(=O)NC(N)NC21.Cl. The second kappa shape index (κ2) is 8.58. The molecule has 0 radical (unpaired) electrons. The van der Waals surface area contributed by atoms with Gasteiger partial charge in [0.05, 0.1) is 19.4 Å². The fourth-order valence-electron chi connectivity index (χ4n) is 2.18. The summed E-state index contributed by atoms with van der Waals surface area (Å²) in [6.45, 7) is 2.75. The Morgan fingerprint density at radius 3 is 2.91 bits per heavy atom. The van der Waals surface area contributed by atoms with Crippen molar-refractivity contribution < 1.29 is 19.1 Å². The van der Waals surface area contributed by atoms with Crippen LogP contribution in [0.2, 0.25) is 0 Å². The van der Waals surface area contributed by atoms with E-state index in [9.17, 15) is 9.59 Å². The van der Waals surface area contributed by atoms with Crippen molar-refractivity contribution in [1.82, 2.24) is 20.9 Å². The summed E-state index contributed by atoms with van der Waals surface area (Å²) in [5.41, 5.74) is 11.0. The number of hydrogen-bond donors (Lipinski definition) is 5. The number of ether oxygens (including phenoxy) is 2. The van der Waals surface area contributed by atoms with Crippen molar-refractivity contribution >= 4 is 24.3 Å². The molecule has 128 valence electrons. The highest BCUT2D eigenvalue weighted by Gasteiger charge is 2.42. The van der Waals surface area contributed by atoms with Crippen molar-refractivity contribution in [3.8, 4) is 0 Å². The van der Waals surface area contributed by atoms with Gasteiger partial charge in [-0.15, -0.1) is 12.4 Å².